The van der Waals surface area contributed by atoms with Crippen LogP contribution in [-0.2, 0) is 14.3 Å². The van der Waals surface area contributed by atoms with Gasteiger partial charge in [-0.1, -0.05) is 44.7 Å². The van der Waals surface area contributed by atoms with Crippen molar-refractivity contribution in [2.75, 3.05) is 18.9 Å². The topological polar surface area (TPSA) is 72.6 Å². The van der Waals surface area contributed by atoms with Crippen LogP contribution in [0, 0.1) is 10.8 Å². The maximum Gasteiger partial charge on any atom is 0.316 e. The summed E-state index contributed by atoms with van der Waals surface area (Å²) in [5.41, 5.74) is 1.87. The number of benzene rings is 1. The average Bonchev–Trinajstić information content (AvgIpc) is 3.14. The number of fused-ring (bicyclic) bond motifs is 3. The smallest absolute Gasteiger partial charge is 0.316 e. The van der Waals surface area contributed by atoms with E-state index < -0.39 is 5.97 Å². The molecule has 0 spiro atoms. The Morgan fingerprint density at radius 1 is 1.29 bits per heavy atom. The third-order valence-electron chi connectivity index (χ3n) is 5.68. The predicted molar refractivity (Wildman–Crippen MR) is 107 cm³/mol. The molecular weight excluding hydrogens is 376 g/mol. The van der Waals surface area contributed by atoms with Gasteiger partial charge in [-0.3, -0.25) is 9.59 Å². The Balaban J connectivity index is 1.27. The van der Waals surface area contributed by atoms with Crippen molar-refractivity contribution in [3.05, 3.63) is 24.3 Å². The number of thioether (sulfide) groups is 1. The van der Waals surface area contributed by atoms with Crippen LogP contribution in [0.3, 0.4) is 0 Å². The van der Waals surface area contributed by atoms with Gasteiger partial charge in [-0.2, -0.15) is 0 Å². The minimum Gasteiger partial charge on any atom is -0.455 e. The summed E-state index contributed by atoms with van der Waals surface area (Å²) in [4.78, 5) is 31.0. The second-order valence-corrected chi connectivity index (χ2v) is 10.1. The maximum absolute atomic E-state index is 12.6. The fraction of sp³-hybridized carbons (Fsp3) is 0.571. The minimum absolute atomic E-state index is 0.0638. The molecule has 1 aliphatic carbocycles. The number of aromatic nitrogens is 1. The van der Waals surface area contributed by atoms with Gasteiger partial charge in [0, 0.05) is 12.6 Å². The van der Waals surface area contributed by atoms with Crippen LogP contribution in [-0.4, -0.2) is 46.7 Å². The first-order valence-electron chi connectivity index (χ1n) is 9.67. The first-order chi connectivity index (χ1) is 13.2. The second kappa shape index (κ2) is 7.10. The van der Waals surface area contributed by atoms with Crippen molar-refractivity contribution in [2.24, 2.45) is 10.8 Å². The van der Waals surface area contributed by atoms with Gasteiger partial charge in [0.25, 0.3) is 11.1 Å². The van der Waals surface area contributed by atoms with Crippen molar-refractivity contribution in [1.29, 1.82) is 0 Å². The first-order valence-corrected chi connectivity index (χ1v) is 10.7. The predicted octanol–water partition coefficient (Wildman–Crippen LogP) is 3.89. The van der Waals surface area contributed by atoms with Crippen molar-refractivity contribution < 1.29 is 18.7 Å². The van der Waals surface area contributed by atoms with E-state index in [-0.39, 0.29) is 35.1 Å². The molecular formula is C21H26N2O4S. The Bertz CT molecular complexity index is 876. The molecule has 6 nitrogen and oxygen atoms in total. The van der Waals surface area contributed by atoms with Crippen LogP contribution in [0.1, 0.15) is 40.0 Å². The van der Waals surface area contributed by atoms with Gasteiger partial charge in [-0.15, -0.1) is 0 Å². The van der Waals surface area contributed by atoms with E-state index in [0.717, 1.165) is 31.3 Å². The van der Waals surface area contributed by atoms with Crippen molar-refractivity contribution in [1.82, 2.24) is 9.88 Å². The van der Waals surface area contributed by atoms with Gasteiger partial charge in [0.1, 0.15) is 11.3 Å². The number of para-hydroxylation sites is 2. The van der Waals surface area contributed by atoms with E-state index in [9.17, 15) is 9.59 Å². The second-order valence-electron chi connectivity index (χ2n) is 9.13. The Labute approximate surface area is 169 Å². The van der Waals surface area contributed by atoms with Crippen molar-refractivity contribution >= 4 is 34.7 Å². The van der Waals surface area contributed by atoms with Crippen LogP contribution < -0.4 is 0 Å². The van der Waals surface area contributed by atoms with Crippen LogP contribution in [0.25, 0.3) is 11.1 Å². The monoisotopic (exact) mass is 402 g/mol. The summed E-state index contributed by atoms with van der Waals surface area (Å²) in [6.45, 7) is 7.37. The van der Waals surface area contributed by atoms with Gasteiger partial charge in [-0.25, -0.2) is 4.98 Å². The fourth-order valence-corrected chi connectivity index (χ4v) is 5.69. The number of carbonyl (C=O) groups excluding carboxylic acids is 2. The largest absolute Gasteiger partial charge is 0.455 e. The number of carbonyl (C=O) groups is 2. The molecule has 2 aromatic rings. The lowest BCUT2D eigenvalue weighted by Crippen LogP contribution is -2.40. The van der Waals surface area contributed by atoms with Gasteiger partial charge >= 0.3 is 5.97 Å². The zero-order valence-corrected chi connectivity index (χ0v) is 17.4. The molecule has 1 amide bonds. The van der Waals surface area contributed by atoms with E-state index in [4.69, 9.17) is 9.15 Å². The fourth-order valence-electron chi connectivity index (χ4n) is 5.05. The SMILES string of the molecule is CC1(C)C[C@H]2C[C@](C)(CN2C(=O)COC(=O)CSc2nc3ccccc3o2)C1. The third kappa shape index (κ3) is 4.04. The molecule has 4 rings (SSSR count). The summed E-state index contributed by atoms with van der Waals surface area (Å²) >= 11 is 1.18. The van der Waals surface area contributed by atoms with E-state index >= 15 is 0 Å². The minimum atomic E-state index is -0.436. The lowest BCUT2D eigenvalue weighted by atomic mass is 9.65. The highest BCUT2D eigenvalue weighted by atomic mass is 32.2. The molecule has 2 aliphatic rings. The molecule has 28 heavy (non-hydrogen) atoms. The molecule has 150 valence electrons. The van der Waals surface area contributed by atoms with Crippen LogP contribution in [0.5, 0.6) is 0 Å². The summed E-state index contributed by atoms with van der Waals surface area (Å²) in [6.07, 6.45) is 3.18. The normalized spacial score (nSPS) is 25.8. The summed E-state index contributed by atoms with van der Waals surface area (Å²) in [6, 6.07) is 7.70. The van der Waals surface area contributed by atoms with E-state index in [1.165, 1.54) is 11.8 Å². The van der Waals surface area contributed by atoms with Gasteiger partial charge in [0.05, 0.1) is 0 Å². The molecule has 2 bridgehead atoms. The Morgan fingerprint density at radius 2 is 2.07 bits per heavy atom. The zero-order chi connectivity index (χ0) is 19.9. The number of rotatable bonds is 5. The Morgan fingerprint density at radius 3 is 2.86 bits per heavy atom. The summed E-state index contributed by atoms with van der Waals surface area (Å²) in [5, 5.41) is 0.424. The van der Waals surface area contributed by atoms with E-state index in [0.29, 0.717) is 10.8 Å². The molecule has 1 aromatic heterocycles. The van der Waals surface area contributed by atoms with Crippen LogP contribution in [0.2, 0.25) is 0 Å². The molecule has 0 unspecified atom stereocenters. The lowest BCUT2D eigenvalue weighted by molar-refractivity contribution is -0.150. The van der Waals surface area contributed by atoms with Crippen molar-refractivity contribution in [3.8, 4) is 0 Å². The molecule has 1 saturated carbocycles. The Kier molecular flexibility index (Phi) is 4.89. The van der Waals surface area contributed by atoms with Gasteiger partial charge in [0.2, 0.25) is 0 Å². The molecule has 2 fully saturated rings. The van der Waals surface area contributed by atoms with Crippen LogP contribution in [0.4, 0.5) is 0 Å². The number of esters is 1. The van der Waals surface area contributed by atoms with Crippen LogP contribution in [0.15, 0.2) is 33.9 Å². The van der Waals surface area contributed by atoms with Crippen molar-refractivity contribution in [3.63, 3.8) is 0 Å². The number of oxazole rings is 1. The van der Waals surface area contributed by atoms with E-state index in [1.54, 1.807) is 0 Å². The number of hydrogen-bond donors (Lipinski definition) is 0. The van der Waals surface area contributed by atoms with Crippen molar-refractivity contribution in [2.45, 2.75) is 51.3 Å². The van der Waals surface area contributed by atoms with Gasteiger partial charge in [-0.05, 0) is 42.2 Å². The zero-order valence-electron chi connectivity index (χ0n) is 16.6. The quantitative estimate of drug-likeness (QED) is 0.558. The van der Waals surface area contributed by atoms with Crippen LogP contribution >= 0.6 is 11.8 Å². The maximum atomic E-state index is 12.6. The number of nitrogens with zero attached hydrogens (tertiary/aromatic N) is 2. The molecule has 2 heterocycles. The highest BCUT2D eigenvalue weighted by molar-refractivity contribution is 7.99. The highest BCUT2D eigenvalue weighted by Gasteiger charge is 2.50. The number of ether oxygens (including phenoxy) is 1. The molecule has 7 heteroatoms. The molecule has 1 aromatic carbocycles. The standard InChI is InChI=1S/C21H26N2O4S/c1-20(2)8-14-9-21(3,12-20)13-23(14)17(24)10-26-18(25)11-28-19-22-15-6-4-5-7-16(15)27-19/h4-7,14H,8-13H2,1-3H3/t14-,21-/m0/s1. The molecule has 2 atom stereocenters. The summed E-state index contributed by atoms with van der Waals surface area (Å²) in [7, 11) is 0. The number of likely N-dealkylation sites (tertiary alicyclic amines) is 1. The number of amides is 1. The van der Waals surface area contributed by atoms with E-state index in [1.807, 2.05) is 29.2 Å². The molecule has 1 saturated heterocycles. The summed E-state index contributed by atoms with van der Waals surface area (Å²) in [5.74, 6) is -0.463. The molecule has 0 N–H and O–H groups in total. The number of hydrogen-bond acceptors (Lipinski definition) is 6. The summed E-state index contributed by atoms with van der Waals surface area (Å²) < 4.78 is 10.8. The Hall–Kier alpha value is -2.02. The molecule has 0 radical (unpaired) electrons. The highest BCUT2D eigenvalue weighted by Crippen LogP contribution is 2.52. The van der Waals surface area contributed by atoms with Gasteiger partial charge in [0.15, 0.2) is 12.2 Å². The average molecular weight is 403 g/mol. The lowest BCUT2D eigenvalue weighted by Gasteiger charge is -2.39. The third-order valence-corrected chi connectivity index (χ3v) is 6.48. The first kappa shape index (κ1) is 19.3. The molecule has 1 aliphatic heterocycles. The van der Waals surface area contributed by atoms with Gasteiger partial charge < -0.3 is 14.1 Å². The van der Waals surface area contributed by atoms with E-state index in [2.05, 4.69) is 25.8 Å².